The minimum atomic E-state index is -0.952. The van der Waals surface area contributed by atoms with Crippen molar-refractivity contribution in [2.45, 2.75) is 19.1 Å². The monoisotopic (exact) mass is 442 g/mol. The molecule has 0 aliphatic heterocycles. The largest absolute Gasteiger partial charge is 0.490 e. The van der Waals surface area contributed by atoms with Crippen LogP contribution >= 0.6 is 7.92 Å². The smallest absolute Gasteiger partial charge is 0.127 e. The van der Waals surface area contributed by atoms with Crippen molar-refractivity contribution in [1.82, 2.24) is 0 Å². The zero-order valence-electron chi connectivity index (χ0n) is 18.0. The van der Waals surface area contributed by atoms with E-state index in [1.54, 1.807) is 6.92 Å². The van der Waals surface area contributed by atoms with Gasteiger partial charge >= 0.3 is 0 Å². The minimum absolute atomic E-state index is 0.0234. The molecule has 4 aromatic carbocycles. The summed E-state index contributed by atoms with van der Waals surface area (Å²) in [5.74, 6) is 0.702. The molecule has 162 valence electrons. The Hall–Kier alpha value is -2.97. The summed E-state index contributed by atoms with van der Waals surface area (Å²) in [4.78, 5) is 0. The number of hydrogen-bond acceptors (Lipinski definition) is 3. The lowest BCUT2D eigenvalue weighted by Crippen LogP contribution is -2.29. The predicted molar refractivity (Wildman–Crippen MR) is 134 cm³/mol. The second-order valence-corrected chi connectivity index (χ2v) is 9.83. The van der Waals surface area contributed by atoms with Crippen LogP contribution in [0.2, 0.25) is 0 Å². The summed E-state index contributed by atoms with van der Waals surface area (Å²) in [6.45, 7) is 1.59. The maximum absolute atomic E-state index is 10.1. The quantitative estimate of drug-likeness (QED) is 0.402. The van der Waals surface area contributed by atoms with Crippen LogP contribution < -0.4 is 20.7 Å². The molecule has 0 unspecified atom stereocenters. The fraction of sp³-hybridized carbons (Fsp3) is 0.143. The van der Waals surface area contributed by atoms with Gasteiger partial charge in [-0.25, -0.2) is 0 Å². The summed E-state index contributed by atoms with van der Waals surface area (Å²) in [5, 5.41) is 23.5. The third kappa shape index (κ3) is 5.08. The van der Waals surface area contributed by atoms with Crippen molar-refractivity contribution in [3.05, 3.63) is 109 Å². The number of aliphatic hydroxyl groups excluding tert-OH is 2. The van der Waals surface area contributed by atoms with E-state index in [-0.39, 0.29) is 6.61 Å². The summed E-state index contributed by atoms with van der Waals surface area (Å²) in [7, 11) is -0.837. The highest BCUT2D eigenvalue weighted by atomic mass is 31.1. The maximum atomic E-state index is 10.1. The van der Waals surface area contributed by atoms with Crippen LogP contribution in [-0.2, 0) is 0 Å². The molecule has 32 heavy (non-hydrogen) atoms. The second kappa shape index (κ2) is 10.6. The number of rotatable bonds is 8. The van der Waals surface area contributed by atoms with Crippen molar-refractivity contribution >= 4 is 23.8 Å². The Morgan fingerprint density at radius 1 is 0.688 bits per heavy atom. The van der Waals surface area contributed by atoms with E-state index in [0.717, 1.165) is 11.1 Å². The van der Waals surface area contributed by atoms with Gasteiger partial charge in [0.25, 0.3) is 0 Å². The van der Waals surface area contributed by atoms with E-state index >= 15 is 0 Å². The van der Waals surface area contributed by atoms with Gasteiger partial charge in [0.05, 0.1) is 6.10 Å². The Morgan fingerprint density at radius 3 is 1.75 bits per heavy atom. The van der Waals surface area contributed by atoms with Gasteiger partial charge in [0.1, 0.15) is 18.5 Å². The summed E-state index contributed by atoms with van der Waals surface area (Å²) in [6.07, 6.45) is -1.81. The second-order valence-electron chi connectivity index (χ2n) is 7.64. The number of aliphatic hydroxyl groups is 2. The van der Waals surface area contributed by atoms with E-state index in [0.29, 0.717) is 5.75 Å². The highest BCUT2D eigenvalue weighted by Gasteiger charge is 2.23. The third-order valence-corrected chi connectivity index (χ3v) is 7.79. The van der Waals surface area contributed by atoms with E-state index in [2.05, 4.69) is 66.7 Å². The first-order chi connectivity index (χ1) is 15.6. The first-order valence-electron chi connectivity index (χ1n) is 10.7. The molecule has 4 rings (SSSR count). The lowest BCUT2D eigenvalue weighted by Gasteiger charge is -2.25. The molecule has 3 nitrogen and oxygen atoms in total. The van der Waals surface area contributed by atoms with Gasteiger partial charge in [-0.2, -0.15) is 0 Å². The van der Waals surface area contributed by atoms with Gasteiger partial charge < -0.3 is 14.9 Å². The molecule has 0 amide bonds. The molecule has 0 heterocycles. The van der Waals surface area contributed by atoms with Crippen LogP contribution in [0.15, 0.2) is 109 Å². The van der Waals surface area contributed by atoms with Crippen molar-refractivity contribution in [3.8, 4) is 16.9 Å². The molecule has 2 N–H and O–H groups in total. The van der Waals surface area contributed by atoms with Gasteiger partial charge in [-0.3, -0.25) is 0 Å². The first kappa shape index (κ1) is 22.2. The summed E-state index contributed by atoms with van der Waals surface area (Å²) in [6, 6.07) is 37.4. The average molecular weight is 442 g/mol. The van der Waals surface area contributed by atoms with Crippen molar-refractivity contribution < 1.29 is 14.9 Å². The van der Waals surface area contributed by atoms with Gasteiger partial charge in [-0.1, -0.05) is 103 Å². The van der Waals surface area contributed by atoms with Gasteiger partial charge in [-0.15, -0.1) is 0 Å². The Balaban J connectivity index is 1.89. The number of hydrogen-bond donors (Lipinski definition) is 2. The van der Waals surface area contributed by atoms with E-state index in [4.69, 9.17) is 4.74 Å². The molecular formula is C28H27O3P. The number of benzene rings is 4. The molecule has 0 aliphatic carbocycles. The van der Waals surface area contributed by atoms with Crippen molar-refractivity contribution in [3.63, 3.8) is 0 Å². The standard InChI is InChI=1S/C28H27O3P/c1-21(29)25(30)20-31-26-18-11-19-27(28(26)22-12-5-2-6-13-22)32(23-14-7-3-8-15-23)24-16-9-4-10-17-24/h2-19,21,25,29-30H,20H2,1H3/t21-,25-/m0/s1. The van der Waals surface area contributed by atoms with Crippen molar-refractivity contribution in [1.29, 1.82) is 0 Å². The van der Waals surface area contributed by atoms with Gasteiger partial charge in [0.15, 0.2) is 0 Å². The fourth-order valence-corrected chi connectivity index (χ4v) is 6.11. The lowest BCUT2D eigenvalue weighted by molar-refractivity contribution is 0.00241. The third-order valence-electron chi connectivity index (χ3n) is 5.30. The molecule has 0 bridgehead atoms. The highest BCUT2D eigenvalue weighted by Crippen LogP contribution is 2.40. The zero-order chi connectivity index (χ0) is 22.3. The fourth-order valence-electron chi connectivity index (χ4n) is 3.62. The van der Waals surface area contributed by atoms with Crippen LogP contribution in [0.25, 0.3) is 11.1 Å². The number of ether oxygens (including phenoxy) is 1. The summed E-state index contributed by atoms with van der Waals surface area (Å²) < 4.78 is 6.08. The van der Waals surface area contributed by atoms with Crippen molar-refractivity contribution in [2.24, 2.45) is 0 Å². The summed E-state index contributed by atoms with van der Waals surface area (Å²) in [5.41, 5.74) is 2.08. The Bertz CT molecular complexity index is 1080. The SMILES string of the molecule is C[C@H](O)[C@@H](O)COc1cccc(P(c2ccccc2)c2ccccc2)c1-c1ccccc1. The molecule has 0 aliphatic rings. The molecule has 0 aromatic heterocycles. The van der Waals surface area contributed by atoms with Gasteiger partial charge in [0, 0.05) is 5.56 Å². The average Bonchev–Trinajstić information content (AvgIpc) is 2.84. The van der Waals surface area contributed by atoms with Crippen LogP contribution in [0.1, 0.15) is 6.92 Å². The molecular weight excluding hydrogens is 415 g/mol. The Labute approximate surface area is 190 Å². The molecule has 0 spiro atoms. The molecule has 4 aromatic rings. The topological polar surface area (TPSA) is 49.7 Å². The van der Waals surface area contributed by atoms with Gasteiger partial charge in [0.2, 0.25) is 0 Å². The van der Waals surface area contributed by atoms with Crippen LogP contribution in [0.4, 0.5) is 0 Å². The van der Waals surface area contributed by atoms with Crippen LogP contribution in [-0.4, -0.2) is 29.0 Å². The molecule has 2 atom stereocenters. The minimum Gasteiger partial charge on any atom is -0.490 e. The lowest BCUT2D eigenvalue weighted by atomic mass is 10.0. The van der Waals surface area contributed by atoms with Crippen molar-refractivity contribution in [2.75, 3.05) is 6.61 Å². The molecule has 0 saturated carbocycles. The summed E-state index contributed by atoms with van der Waals surface area (Å²) >= 11 is 0. The Morgan fingerprint density at radius 2 is 1.22 bits per heavy atom. The van der Waals surface area contributed by atoms with Crippen LogP contribution in [0, 0.1) is 0 Å². The highest BCUT2D eigenvalue weighted by molar-refractivity contribution is 7.80. The van der Waals surface area contributed by atoms with Crippen LogP contribution in [0.3, 0.4) is 0 Å². The van der Waals surface area contributed by atoms with E-state index in [1.807, 2.05) is 42.5 Å². The molecule has 0 fully saturated rings. The molecule has 4 heteroatoms. The van der Waals surface area contributed by atoms with E-state index in [9.17, 15) is 10.2 Å². The van der Waals surface area contributed by atoms with E-state index < -0.39 is 20.1 Å². The van der Waals surface area contributed by atoms with Gasteiger partial charge in [-0.05, 0) is 42.4 Å². The van der Waals surface area contributed by atoms with Crippen LogP contribution in [0.5, 0.6) is 5.75 Å². The maximum Gasteiger partial charge on any atom is 0.127 e. The zero-order valence-corrected chi connectivity index (χ0v) is 18.9. The normalized spacial score (nSPS) is 13.0. The Kier molecular flexibility index (Phi) is 7.34. The predicted octanol–water partition coefficient (Wildman–Crippen LogP) is 4.23. The molecule has 0 saturated heterocycles. The van der Waals surface area contributed by atoms with E-state index in [1.165, 1.54) is 15.9 Å². The molecule has 0 radical (unpaired) electrons. The first-order valence-corrected chi connectivity index (χ1v) is 12.1.